The van der Waals surface area contributed by atoms with Crippen LogP contribution in [0.3, 0.4) is 0 Å². The van der Waals surface area contributed by atoms with Gasteiger partial charge >= 0.3 is 0 Å². The van der Waals surface area contributed by atoms with Crippen molar-refractivity contribution in [2.24, 2.45) is 0 Å². The predicted molar refractivity (Wildman–Crippen MR) is 99.2 cm³/mol. The smallest absolute Gasteiger partial charge is 0.269 e. The second-order valence-corrected chi connectivity index (χ2v) is 5.84. The van der Waals surface area contributed by atoms with Crippen LogP contribution >= 0.6 is 0 Å². The third-order valence-electron chi connectivity index (χ3n) is 4.14. The van der Waals surface area contributed by atoms with Crippen LogP contribution < -0.4 is 4.74 Å². The fourth-order valence-corrected chi connectivity index (χ4v) is 2.73. The summed E-state index contributed by atoms with van der Waals surface area (Å²) in [5.41, 5.74) is 2.75. The van der Waals surface area contributed by atoms with Gasteiger partial charge in [0.15, 0.2) is 11.5 Å². The van der Waals surface area contributed by atoms with E-state index in [9.17, 15) is 15.1 Å². The standard InChI is InChI=1S/C20H20N2O4/c1-26-19-12-14(6-8-18(19)23)7-9-20(24)22(25)11-10-15-13-21-17-5-3-2-4-16(15)17/h2-9,12-13,21,23,25H,10-11H2,1H3/b9-7+. The van der Waals surface area contributed by atoms with Gasteiger partial charge < -0.3 is 14.8 Å². The maximum absolute atomic E-state index is 12.1. The average Bonchev–Trinajstić information content (AvgIpc) is 3.08. The monoisotopic (exact) mass is 352 g/mol. The summed E-state index contributed by atoms with van der Waals surface area (Å²) in [7, 11) is 1.45. The number of carbonyl (C=O) groups is 1. The molecule has 1 heterocycles. The van der Waals surface area contributed by atoms with Gasteiger partial charge in [-0.15, -0.1) is 0 Å². The molecule has 0 radical (unpaired) electrons. The van der Waals surface area contributed by atoms with E-state index in [1.165, 1.54) is 19.3 Å². The summed E-state index contributed by atoms with van der Waals surface area (Å²) in [5.74, 6) is -0.171. The van der Waals surface area contributed by atoms with Crippen LogP contribution in [0.4, 0.5) is 0 Å². The summed E-state index contributed by atoms with van der Waals surface area (Å²) < 4.78 is 5.02. The van der Waals surface area contributed by atoms with Crippen LogP contribution in [0.25, 0.3) is 17.0 Å². The molecule has 0 atom stereocenters. The number of aromatic nitrogens is 1. The first kappa shape index (κ1) is 17.6. The molecule has 0 saturated heterocycles. The maximum Gasteiger partial charge on any atom is 0.269 e. The molecule has 134 valence electrons. The Morgan fingerprint density at radius 1 is 1.27 bits per heavy atom. The number of benzene rings is 2. The zero-order valence-corrected chi connectivity index (χ0v) is 14.3. The zero-order chi connectivity index (χ0) is 18.5. The van der Waals surface area contributed by atoms with Crippen molar-refractivity contribution in [2.75, 3.05) is 13.7 Å². The number of aromatic amines is 1. The Bertz CT molecular complexity index is 946. The van der Waals surface area contributed by atoms with Gasteiger partial charge in [-0.1, -0.05) is 24.3 Å². The number of amides is 1. The Morgan fingerprint density at radius 3 is 2.88 bits per heavy atom. The van der Waals surface area contributed by atoms with Crippen molar-refractivity contribution in [1.29, 1.82) is 0 Å². The molecule has 3 N–H and O–H groups in total. The molecule has 1 aromatic heterocycles. The van der Waals surface area contributed by atoms with Crippen molar-refractivity contribution in [2.45, 2.75) is 6.42 Å². The minimum atomic E-state index is -0.517. The van der Waals surface area contributed by atoms with Crippen molar-refractivity contribution < 1.29 is 19.8 Å². The van der Waals surface area contributed by atoms with Gasteiger partial charge in [0.2, 0.25) is 0 Å². The van der Waals surface area contributed by atoms with Crippen molar-refractivity contribution in [3.05, 3.63) is 65.9 Å². The van der Waals surface area contributed by atoms with Crippen LogP contribution in [0.15, 0.2) is 54.7 Å². The molecule has 0 fully saturated rings. The quantitative estimate of drug-likeness (QED) is 0.361. The minimum absolute atomic E-state index is 0.0264. The van der Waals surface area contributed by atoms with E-state index >= 15 is 0 Å². The number of methoxy groups -OCH3 is 1. The van der Waals surface area contributed by atoms with Gasteiger partial charge in [0.05, 0.1) is 13.7 Å². The highest BCUT2D eigenvalue weighted by atomic mass is 16.5. The number of hydroxylamine groups is 2. The van der Waals surface area contributed by atoms with E-state index in [1.807, 2.05) is 30.5 Å². The van der Waals surface area contributed by atoms with Crippen LogP contribution in [0.2, 0.25) is 0 Å². The van der Waals surface area contributed by atoms with Gasteiger partial charge in [0.1, 0.15) is 0 Å². The van der Waals surface area contributed by atoms with Crippen molar-refractivity contribution in [3.63, 3.8) is 0 Å². The first-order valence-corrected chi connectivity index (χ1v) is 8.19. The Balaban J connectivity index is 1.61. The Morgan fingerprint density at radius 2 is 2.08 bits per heavy atom. The number of phenols is 1. The summed E-state index contributed by atoms with van der Waals surface area (Å²) in [6, 6.07) is 12.6. The molecule has 0 saturated carbocycles. The molecule has 0 unspecified atom stereocenters. The number of fused-ring (bicyclic) bond motifs is 1. The van der Waals surface area contributed by atoms with Gasteiger partial charge in [0.25, 0.3) is 5.91 Å². The minimum Gasteiger partial charge on any atom is -0.504 e. The first-order chi connectivity index (χ1) is 12.6. The van der Waals surface area contributed by atoms with Gasteiger partial charge in [-0.25, -0.2) is 5.06 Å². The SMILES string of the molecule is COc1cc(/C=C/C(=O)N(O)CCc2c[nH]c3ccccc23)ccc1O. The number of ether oxygens (including phenoxy) is 1. The summed E-state index contributed by atoms with van der Waals surface area (Å²) in [4.78, 5) is 15.2. The van der Waals surface area contributed by atoms with Crippen LogP contribution in [-0.2, 0) is 11.2 Å². The number of aromatic hydroxyl groups is 1. The fraction of sp³-hybridized carbons (Fsp3) is 0.150. The van der Waals surface area contributed by atoms with Crippen LogP contribution in [-0.4, -0.2) is 39.9 Å². The summed E-state index contributed by atoms with van der Waals surface area (Å²) in [5, 5.41) is 21.3. The van der Waals surface area contributed by atoms with Crippen molar-refractivity contribution in [3.8, 4) is 11.5 Å². The number of H-pyrrole nitrogens is 1. The van der Waals surface area contributed by atoms with E-state index in [0.29, 0.717) is 22.8 Å². The lowest BCUT2D eigenvalue weighted by molar-refractivity contribution is -0.158. The average molecular weight is 352 g/mol. The first-order valence-electron chi connectivity index (χ1n) is 8.19. The number of para-hydroxylation sites is 1. The van der Waals surface area contributed by atoms with Crippen LogP contribution in [0.1, 0.15) is 11.1 Å². The van der Waals surface area contributed by atoms with E-state index in [-0.39, 0.29) is 12.3 Å². The van der Waals surface area contributed by atoms with Crippen molar-refractivity contribution in [1.82, 2.24) is 10.0 Å². The van der Waals surface area contributed by atoms with Gasteiger partial charge in [-0.05, 0) is 41.8 Å². The largest absolute Gasteiger partial charge is 0.504 e. The molecular formula is C20H20N2O4. The maximum atomic E-state index is 12.1. The molecule has 2 aromatic carbocycles. The number of hydrogen-bond acceptors (Lipinski definition) is 4. The molecule has 6 nitrogen and oxygen atoms in total. The predicted octanol–water partition coefficient (Wildman–Crippen LogP) is 3.36. The second-order valence-electron chi connectivity index (χ2n) is 5.84. The third-order valence-corrected chi connectivity index (χ3v) is 4.14. The Labute approximate surface area is 150 Å². The number of carbonyl (C=O) groups excluding carboxylic acids is 1. The Hall–Kier alpha value is -3.25. The lowest BCUT2D eigenvalue weighted by Crippen LogP contribution is -2.27. The molecule has 26 heavy (non-hydrogen) atoms. The summed E-state index contributed by atoms with van der Waals surface area (Å²) in [6.07, 6.45) is 5.26. The number of nitrogens with zero attached hydrogens (tertiary/aromatic N) is 1. The lowest BCUT2D eigenvalue weighted by Gasteiger charge is -2.12. The molecule has 6 heteroatoms. The van der Waals surface area contributed by atoms with Crippen LogP contribution in [0, 0.1) is 0 Å². The number of phenolic OH excluding ortho intramolecular Hbond substituents is 1. The zero-order valence-electron chi connectivity index (χ0n) is 14.3. The fourth-order valence-electron chi connectivity index (χ4n) is 2.73. The molecule has 0 bridgehead atoms. The third kappa shape index (κ3) is 3.87. The summed E-state index contributed by atoms with van der Waals surface area (Å²) in [6.45, 7) is 0.184. The van der Waals surface area contributed by atoms with Gasteiger partial charge in [0, 0.05) is 23.2 Å². The normalized spacial score (nSPS) is 11.2. The molecular weight excluding hydrogens is 332 g/mol. The Kier molecular flexibility index (Phi) is 5.24. The van der Waals surface area contributed by atoms with E-state index < -0.39 is 5.91 Å². The molecule has 1 amide bonds. The second kappa shape index (κ2) is 7.76. The van der Waals surface area contributed by atoms with E-state index in [2.05, 4.69) is 4.98 Å². The highest BCUT2D eigenvalue weighted by molar-refractivity contribution is 5.91. The summed E-state index contributed by atoms with van der Waals surface area (Å²) >= 11 is 0. The van der Waals surface area contributed by atoms with E-state index in [0.717, 1.165) is 16.5 Å². The van der Waals surface area contributed by atoms with E-state index in [4.69, 9.17) is 4.74 Å². The molecule has 0 aliphatic heterocycles. The highest BCUT2D eigenvalue weighted by Gasteiger charge is 2.10. The lowest BCUT2D eigenvalue weighted by atomic mass is 10.1. The topological polar surface area (TPSA) is 85.8 Å². The van der Waals surface area contributed by atoms with E-state index in [1.54, 1.807) is 18.2 Å². The molecule has 0 aliphatic carbocycles. The van der Waals surface area contributed by atoms with Gasteiger partial charge in [-0.2, -0.15) is 0 Å². The molecule has 3 aromatic rings. The number of rotatable bonds is 6. The molecule has 3 rings (SSSR count). The number of nitrogens with one attached hydrogen (secondary N) is 1. The van der Waals surface area contributed by atoms with Gasteiger partial charge in [-0.3, -0.25) is 10.0 Å². The highest BCUT2D eigenvalue weighted by Crippen LogP contribution is 2.26. The molecule has 0 spiro atoms. The molecule has 0 aliphatic rings. The number of hydrogen-bond donors (Lipinski definition) is 3. The van der Waals surface area contributed by atoms with Crippen LogP contribution in [0.5, 0.6) is 11.5 Å². The van der Waals surface area contributed by atoms with Crippen molar-refractivity contribution >= 4 is 22.9 Å².